The van der Waals surface area contributed by atoms with Crippen LogP contribution in [0.5, 0.6) is 0 Å². The Morgan fingerprint density at radius 1 is 1.25 bits per heavy atom. The Bertz CT molecular complexity index is 591. The van der Waals surface area contributed by atoms with E-state index in [-0.39, 0.29) is 6.03 Å². The molecule has 0 aliphatic heterocycles. The molecule has 0 saturated carbocycles. The molecule has 0 atom stereocenters. The molecule has 20 heavy (non-hydrogen) atoms. The summed E-state index contributed by atoms with van der Waals surface area (Å²) in [6.45, 7) is 4.13. The third kappa shape index (κ3) is 3.71. The number of urea groups is 1. The molecule has 0 spiro atoms. The number of aryl methyl sites for hydroxylation is 2. The Hall–Kier alpha value is -2.07. The average molecular weight is 290 g/mol. The number of halogens is 1. The lowest BCUT2D eigenvalue weighted by molar-refractivity contribution is 0.251. The van der Waals surface area contributed by atoms with Crippen molar-refractivity contribution in [3.8, 4) is 0 Å². The maximum atomic E-state index is 11.9. The maximum Gasteiger partial charge on any atom is 0.319 e. The predicted octanol–water partition coefficient (Wildman–Crippen LogP) is 3.67. The van der Waals surface area contributed by atoms with Crippen LogP contribution in [0.3, 0.4) is 0 Å². The summed E-state index contributed by atoms with van der Waals surface area (Å²) >= 11 is 6.11. The van der Waals surface area contributed by atoms with Crippen molar-refractivity contribution in [2.24, 2.45) is 0 Å². The Morgan fingerprint density at radius 2 is 1.95 bits per heavy atom. The number of pyridine rings is 1. The summed E-state index contributed by atoms with van der Waals surface area (Å²) in [7, 11) is 0. The zero-order valence-corrected chi connectivity index (χ0v) is 12.2. The smallest absolute Gasteiger partial charge is 0.319 e. The van der Waals surface area contributed by atoms with E-state index >= 15 is 0 Å². The van der Waals surface area contributed by atoms with Crippen LogP contribution >= 0.6 is 11.6 Å². The monoisotopic (exact) mass is 289 g/mol. The molecule has 1 aromatic heterocycles. The van der Waals surface area contributed by atoms with Crippen molar-refractivity contribution in [3.05, 3.63) is 58.4 Å². The molecule has 5 heteroatoms. The summed E-state index contributed by atoms with van der Waals surface area (Å²) in [6, 6.07) is 11.1. The lowest BCUT2D eigenvalue weighted by Crippen LogP contribution is -2.28. The first kappa shape index (κ1) is 14.3. The van der Waals surface area contributed by atoms with Crippen molar-refractivity contribution < 1.29 is 4.79 Å². The van der Waals surface area contributed by atoms with E-state index in [1.165, 1.54) is 0 Å². The van der Waals surface area contributed by atoms with Crippen LogP contribution in [0.25, 0.3) is 0 Å². The molecule has 0 unspecified atom stereocenters. The molecule has 1 aromatic carbocycles. The molecule has 1 heterocycles. The first-order chi connectivity index (χ1) is 9.56. The van der Waals surface area contributed by atoms with Crippen LogP contribution in [0.1, 0.15) is 17.0 Å². The molecule has 2 aromatic rings. The lowest BCUT2D eigenvalue weighted by Gasteiger charge is -2.11. The second kappa shape index (κ2) is 6.39. The normalized spacial score (nSPS) is 10.2. The van der Waals surface area contributed by atoms with Gasteiger partial charge in [-0.05, 0) is 25.5 Å². The van der Waals surface area contributed by atoms with Gasteiger partial charge in [0.05, 0.1) is 16.4 Å². The first-order valence-corrected chi connectivity index (χ1v) is 6.66. The summed E-state index contributed by atoms with van der Waals surface area (Å²) < 4.78 is 0. The fourth-order valence-corrected chi connectivity index (χ4v) is 2.21. The zero-order valence-electron chi connectivity index (χ0n) is 11.4. The molecule has 0 bridgehead atoms. The molecule has 2 rings (SSSR count). The van der Waals surface area contributed by atoms with Gasteiger partial charge in [0.25, 0.3) is 0 Å². The van der Waals surface area contributed by atoms with Crippen molar-refractivity contribution in [2.45, 2.75) is 20.4 Å². The summed E-state index contributed by atoms with van der Waals surface area (Å²) in [6.07, 6.45) is 0. The van der Waals surface area contributed by atoms with Gasteiger partial charge in [0.1, 0.15) is 0 Å². The number of nitrogens with zero attached hydrogens (tertiary/aromatic N) is 1. The third-order valence-corrected chi connectivity index (χ3v) is 3.11. The molecule has 0 aliphatic carbocycles. The van der Waals surface area contributed by atoms with E-state index in [4.69, 9.17) is 11.6 Å². The van der Waals surface area contributed by atoms with Crippen molar-refractivity contribution in [1.82, 2.24) is 10.3 Å². The van der Waals surface area contributed by atoms with E-state index in [0.29, 0.717) is 22.9 Å². The van der Waals surface area contributed by atoms with Gasteiger partial charge >= 0.3 is 6.03 Å². The van der Waals surface area contributed by atoms with Crippen molar-refractivity contribution in [3.63, 3.8) is 0 Å². The van der Waals surface area contributed by atoms with Crippen LogP contribution in [-0.4, -0.2) is 11.0 Å². The van der Waals surface area contributed by atoms with Gasteiger partial charge in [0, 0.05) is 12.2 Å². The molecule has 2 amide bonds. The fraction of sp³-hybridized carbons (Fsp3) is 0.200. The number of carbonyl (C=O) groups is 1. The fourth-order valence-electron chi connectivity index (χ4n) is 1.87. The number of nitrogens with one attached hydrogen (secondary N) is 2. The molecule has 0 saturated heterocycles. The highest BCUT2D eigenvalue weighted by molar-refractivity contribution is 6.33. The summed E-state index contributed by atoms with van der Waals surface area (Å²) in [5.74, 6) is 0. The van der Waals surface area contributed by atoms with E-state index in [9.17, 15) is 4.79 Å². The quantitative estimate of drug-likeness (QED) is 0.906. The Labute approximate surface area is 123 Å². The zero-order chi connectivity index (χ0) is 14.5. The Balaban J connectivity index is 1.98. The predicted molar refractivity (Wildman–Crippen MR) is 81.0 cm³/mol. The maximum absolute atomic E-state index is 11.9. The molecule has 0 radical (unpaired) electrons. The van der Waals surface area contributed by atoms with Gasteiger partial charge < -0.3 is 10.6 Å². The number of amides is 2. The number of hydrogen-bond acceptors (Lipinski definition) is 2. The van der Waals surface area contributed by atoms with Gasteiger partial charge in [0.2, 0.25) is 0 Å². The first-order valence-electron chi connectivity index (χ1n) is 6.29. The standard InChI is InChI=1S/C15H16ClN3O/c1-10-8-13(16)14(11(2)18-10)19-15(20)17-9-12-6-4-3-5-7-12/h3-8H,9H2,1-2H3,(H2,17,19,20). The van der Waals surface area contributed by atoms with Crippen LogP contribution in [0.4, 0.5) is 10.5 Å². The lowest BCUT2D eigenvalue weighted by atomic mass is 10.2. The minimum atomic E-state index is -0.301. The Kier molecular flexibility index (Phi) is 4.58. The van der Waals surface area contributed by atoms with E-state index in [0.717, 1.165) is 11.3 Å². The van der Waals surface area contributed by atoms with Crippen LogP contribution in [-0.2, 0) is 6.54 Å². The highest BCUT2D eigenvalue weighted by Crippen LogP contribution is 2.24. The summed E-state index contributed by atoms with van der Waals surface area (Å²) in [5.41, 5.74) is 3.10. The van der Waals surface area contributed by atoms with Gasteiger partial charge in [-0.3, -0.25) is 4.98 Å². The van der Waals surface area contributed by atoms with E-state index in [1.807, 2.05) is 44.2 Å². The molecular formula is C15H16ClN3O. The largest absolute Gasteiger partial charge is 0.334 e. The molecule has 2 N–H and O–H groups in total. The molecular weight excluding hydrogens is 274 g/mol. The van der Waals surface area contributed by atoms with Gasteiger partial charge in [-0.15, -0.1) is 0 Å². The van der Waals surface area contributed by atoms with Crippen molar-refractivity contribution in [1.29, 1.82) is 0 Å². The van der Waals surface area contributed by atoms with E-state index in [1.54, 1.807) is 6.07 Å². The number of anilines is 1. The van der Waals surface area contributed by atoms with Crippen LogP contribution in [0, 0.1) is 13.8 Å². The second-order valence-corrected chi connectivity index (χ2v) is 4.91. The summed E-state index contributed by atoms with van der Waals surface area (Å²) in [4.78, 5) is 16.1. The van der Waals surface area contributed by atoms with Crippen LogP contribution < -0.4 is 10.6 Å². The van der Waals surface area contributed by atoms with Gasteiger partial charge in [0.15, 0.2) is 0 Å². The minimum absolute atomic E-state index is 0.301. The number of benzene rings is 1. The molecule has 0 fully saturated rings. The van der Waals surface area contributed by atoms with E-state index in [2.05, 4.69) is 15.6 Å². The van der Waals surface area contributed by atoms with Crippen LogP contribution in [0.2, 0.25) is 5.02 Å². The molecule has 104 valence electrons. The number of aromatic nitrogens is 1. The molecule has 4 nitrogen and oxygen atoms in total. The topological polar surface area (TPSA) is 54.0 Å². The third-order valence-electron chi connectivity index (χ3n) is 2.81. The highest BCUT2D eigenvalue weighted by Gasteiger charge is 2.10. The van der Waals surface area contributed by atoms with Gasteiger partial charge in [-0.25, -0.2) is 4.79 Å². The average Bonchev–Trinajstić information content (AvgIpc) is 2.42. The second-order valence-electron chi connectivity index (χ2n) is 4.50. The van der Waals surface area contributed by atoms with Gasteiger partial charge in [-0.2, -0.15) is 0 Å². The number of carbonyl (C=O) groups excluding carboxylic acids is 1. The Morgan fingerprint density at radius 3 is 2.60 bits per heavy atom. The summed E-state index contributed by atoms with van der Waals surface area (Å²) in [5, 5.41) is 6.00. The number of hydrogen-bond donors (Lipinski definition) is 2. The minimum Gasteiger partial charge on any atom is -0.334 e. The highest BCUT2D eigenvalue weighted by atomic mass is 35.5. The van der Waals surface area contributed by atoms with E-state index < -0.39 is 0 Å². The SMILES string of the molecule is Cc1cc(Cl)c(NC(=O)NCc2ccccc2)c(C)n1. The molecule has 0 aliphatic rings. The number of rotatable bonds is 3. The van der Waals surface area contributed by atoms with Gasteiger partial charge in [-0.1, -0.05) is 41.9 Å². The van der Waals surface area contributed by atoms with Crippen molar-refractivity contribution >= 4 is 23.3 Å². The van der Waals surface area contributed by atoms with Crippen molar-refractivity contribution in [2.75, 3.05) is 5.32 Å². The van der Waals surface area contributed by atoms with Crippen LogP contribution in [0.15, 0.2) is 36.4 Å².